The van der Waals surface area contributed by atoms with Crippen LogP contribution in [0.5, 0.6) is 0 Å². The van der Waals surface area contributed by atoms with Crippen LogP contribution in [0.1, 0.15) is 25.5 Å². The first-order valence-electron chi connectivity index (χ1n) is 10.1. The number of ether oxygens (including phenoxy) is 2. The zero-order valence-electron chi connectivity index (χ0n) is 16.7. The molecule has 0 bridgehead atoms. The predicted octanol–water partition coefficient (Wildman–Crippen LogP) is 2.61. The lowest BCUT2D eigenvalue weighted by molar-refractivity contribution is -0.0717. The minimum Gasteiger partial charge on any atom is -0.383 e. The highest BCUT2D eigenvalue weighted by Crippen LogP contribution is 2.37. The van der Waals surface area contributed by atoms with Crippen molar-refractivity contribution in [2.75, 3.05) is 37.9 Å². The zero-order chi connectivity index (χ0) is 20.7. The summed E-state index contributed by atoms with van der Waals surface area (Å²) in [4.78, 5) is 7.27. The molecule has 3 aromatic rings. The van der Waals surface area contributed by atoms with E-state index in [1.165, 1.54) is 0 Å². The number of nitrogens with zero attached hydrogens (tertiary/aromatic N) is 6. The number of aromatic nitrogens is 5. The molecule has 9 nitrogen and oxygen atoms in total. The average molecular weight is 542 g/mol. The van der Waals surface area contributed by atoms with Gasteiger partial charge in [-0.15, -0.1) is 0 Å². The topological polar surface area (TPSA) is 89.9 Å². The van der Waals surface area contributed by atoms with Crippen molar-refractivity contribution in [3.63, 3.8) is 0 Å². The van der Waals surface area contributed by atoms with Gasteiger partial charge in [0.15, 0.2) is 5.65 Å². The van der Waals surface area contributed by atoms with E-state index in [1.54, 1.807) is 10.7 Å². The Morgan fingerprint density at radius 2 is 2.07 bits per heavy atom. The van der Waals surface area contributed by atoms with Crippen LogP contribution in [0.15, 0.2) is 24.5 Å². The molecule has 30 heavy (non-hydrogen) atoms. The lowest BCUT2D eigenvalue weighted by atomic mass is 9.90. The molecule has 11 heteroatoms. The molecular formula is C19H24IN6O3P. The van der Waals surface area contributed by atoms with Crippen molar-refractivity contribution in [2.24, 2.45) is 0 Å². The molecular weight excluding hydrogens is 518 g/mol. The van der Waals surface area contributed by atoms with Gasteiger partial charge < -0.3 is 19.5 Å². The molecule has 2 fully saturated rings. The fraction of sp³-hybridized carbons (Fsp3) is 0.526. The lowest BCUT2D eigenvalue weighted by Crippen LogP contribution is -2.44. The first-order chi connectivity index (χ1) is 14.6. The van der Waals surface area contributed by atoms with E-state index in [1.807, 2.05) is 22.8 Å². The highest BCUT2D eigenvalue weighted by atomic mass is 127. The first kappa shape index (κ1) is 20.6. The summed E-state index contributed by atoms with van der Waals surface area (Å²) in [5.74, 6) is 0.845. The van der Waals surface area contributed by atoms with Crippen LogP contribution in [0.4, 0.5) is 5.82 Å². The molecule has 2 atom stereocenters. The van der Waals surface area contributed by atoms with Crippen molar-refractivity contribution in [3.8, 4) is 11.3 Å². The molecule has 160 valence electrons. The van der Waals surface area contributed by atoms with E-state index in [0.717, 1.165) is 35.0 Å². The van der Waals surface area contributed by atoms with Gasteiger partial charge in [0, 0.05) is 44.9 Å². The van der Waals surface area contributed by atoms with Gasteiger partial charge in [-0.3, -0.25) is 0 Å². The van der Waals surface area contributed by atoms with Crippen LogP contribution in [0, 0.1) is 0 Å². The third kappa shape index (κ3) is 3.52. The molecule has 0 radical (unpaired) electrons. The number of morpholine rings is 1. The summed E-state index contributed by atoms with van der Waals surface area (Å²) < 4.78 is 14.9. The average Bonchev–Trinajstić information content (AvgIpc) is 3.40. The molecule has 5 heterocycles. The Labute approximate surface area is 189 Å². The fourth-order valence-corrected chi connectivity index (χ4v) is 5.77. The van der Waals surface area contributed by atoms with Crippen LogP contribution in [-0.2, 0) is 15.1 Å². The summed E-state index contributed by atoms with van der Waals surface area (Å²) in [6.07, 6.45) is 5.16. The van der Waals surface area contributed by atoms with Crippen molar-refractivity contribution < 1.29 is 14.6 Å². The van der Waals surface area contributed by atoms with Gasteiger partial charge in [-0.05, 0) is 35.0 Å². The Bertz CT molecular complexity index is 1050. The van der Waals surface area contributed by atoms with E-state index >= 15 is 0 Å². The second-order valence-corrected chi connectivity index (χ2v) is 9.81. The number of rotatable bonds is 4. The minimum atomic E-state index is -1.00. The third-order valence-electron chi connectivity index (χ3n) is 5.92. The second-order valence-electron chi connectivity index (χ2n) is 7.77. The van der Waals surface area contributed by atoms with Crippen molar-refractivity contribution >= 4 is 39.9 Å². The summed E-state index contributed by atoms with van der Waals surface area (Å²) in [5, 5.41) is 20.6. The highest BCUT2D eigenvalue weighted by Gasteiger charge is 2.36. The van der Waals surface area contributed by atoms with Crippen molar-refractivity contribution in [2.45, 2.75) is 31.4 Å². The molecule has 2 aliphatic heterocycles. The molecule has 0 amide bonds. The van der Waals surface area contributed by atoms with Crippen LogP contribution in [0.2, 0.25) is 0 Å². The normalized spacial score (nSPS) is 22.4. The molecule has 0 aromatic carbocycles. The van der Waals surface area contributed by atoms with Crippen molar-refractivity contribution in [3.05, 3.63) is 30.2 Å². The molecule has 2 saturated heterocycles. The van der Waals surface area contributed by atoms with E-state index in [4.69, 9.17) is 14.5 Å². The number of hydrogen-bond donors (Lipinski definition) is 1. The maximum Gasteiger partial charge on any atom is 0.167 e. The SMILES string of the molecule is C[C@@H]1COCCN1c1cc(C2(O)CCOCC2)n2ncc(-c3ccnn3PI)c2n1. The highest BCUT2D eigenvalue weighted by molar-refractivity contribution is 14.2. The zero-order valence-corrected chi connectivity index (χ0v) is 19.8. The van der Waals surface area contributed by atoms with Gasteiger partial charge in [-0.1, -0.05) is 0 Å². The van der Waals surface area contributed by atoms with E-state index in [9.17, 15) is 5.11 Å². The Balaban J connectivity index is 1.71. The van der Waals surface area contributed by atoms with Crippen LogP contribution >= 0.6 is 28.4 Å². The number of anilines is 1. The molecule has 0 saturated carbocycles. The van der Waals surface area contributed by atoms with Crippen LogP contribution in [-0.4, -0.2) is 68.3 Å². The molecule has 1 N–H and O–H groups in total. The van der Waals surface area contributed by atoms with Gasteiger partial charge >= 0.3 is 0 Å². The molecule has 1 unspecified atom stereocenters. The lowest BCUT2D eigenvalue weighted by Gasteiger charge is -2.36. The van der Waals surface area contributed by atoms with Crippen molar-refractivity contribution in [1.29, 1.82) is 0 Å². The minimum absolute atomic E-state index is 0.207. The molecule has 2 aliphatic rings. The molecule has 0 spiro atoms. The van der Waals surface area contributed by atoms with Crippen LogP contribution in [0.25, 0.3) is 16.9 Å². The Hall–Kier alpha value is -1.33. The van der Waals surface area contributed by atoms with Crippen LogP contribution < -0.4 is 4.90 Å². The number of hydrogen-bond acceptors (Lipinski definition) is 7. The number of aliphatic hydroxyl groups is 1. The fourth-order valence-electron chi connectivity index (χ4n) is 4.22. The van der Waals surface area contributed by atoms with E-state index in [0.29, 0.717) is 45.6 Å². The Kier molecular flexibility index (Phi) is 5.70. The monoisotopic (exact) mass is 542 g/mol. The van der Waals surface area contributed by atoms with Gasteiger partial charge in [0.25, 0.3) is 0 Å². The van der Waals surface area contributed by atoms with Gasteiger partial charge in [0.1, 0.15) is 11.4 Å². The quantitative estimate of drug-likeness (QED) is 0.401. The number of halogens is 1. The van der Waals surface area contributed by atoms with E-state index in [-0.39, 0.29) is 6.04 Å². The summed E-state index contributed by atoms with van der Waals surface area (Å²) >= 11 is 2.32. The van der Waals surface area contributed by atoms with Crippen LogP contribution in [0.3, 0.4) is 0 Å². The van der Waals surface area contributed by atoms with Gasteiger partial charge in [0.05, 0.1) is 48.8 Å². The largest absolute Gasteiger partial charge is 0.383 e. The predicted molar refractivity (Wildman–Crippen MR) is 124 cm³/mol. The summed E-state index contributed by atoms with van der Waals surface area (Å²) in [6.45, 7) is 5.29. The molecule has 0 aliphatic carbocycles. The molecule has 5 rings (SSSR count). The van der Waals surface area contributed by atoms with Gasteiger partial charge in [0.2, 0.25) is 0 Å². The first-order valence-corrected chi connectivity index (χ1v) is 14.1. The maximum absolute atomic E-state index is 11.5. The van der Waals surface area contributed by atoms with Crippen molar-refractivity contribution in [1.82, 2.24) is 24.1 Å². The Morgan fingerprint density at radius 3 is 2.83 bits per heavy atom. The maximum atomic E-state index is 11.5. The second kappa shape index (κ2) is 8.31. The summed E-state index contributed by atoms with van der Waals surface area (Å²) in [5.41, 5.74) is 2.38. The molecule has 3 aromatic heterocycles. The van der Waals surface area contributed by atoms with Gasteiger partial charge in [-0.25, -0.2) is 14.0 Å². The summed E-state index contributed by atoms with van der Waals surface area (Å²) in [7, 11) is 0. The number of fused-ring (bicyclic) bond motifs is 1. The van der Waals surface area contributed by atoms with Gasteiger partial charge in [-0.2, -0.15) is 10.2 Å². The van der Waals surface area contributed by atoms with E-state index < -0.39 is 5.60 Å². The summed E-state index contributed by atoms with van der Waals surface area (Å²) in [6, 6.07) is 4.18. The Morgan fingerprint density at radius 1 is 1.23 bits per heavy atom. The standard InChI is InChI=1S/C19H24IN6O3P/c1-13-12-29-9-6-24(13)17-10-16(19(27)3-7-28-8-4-19)25-18(23-17)14(11-22-25)15-2-5-21-26(15)30-20/h2,5,10-11,13,27,30H,3-4,6-9,12H2,1H3/t13-/m1/s1. The third-order valence-corrected chi connectivity index (χ3v) is 7.80. The smallest absolute Gasteiger partial charge is 0.167 e. The van der Waals surface area contributed by atoms with E-state index in [2.05, 4.69) is 44.1 Å².